The first-order valence-corrected chi connectivity index (χ1v) is 6.17. The van der Waals surface area contributed by atoms with Crippen LogP contribution in [0.1, 0.15) is 51.9 Å². The molecule has 14 heavy (non-hydrogen) atoms. The number of nitrogens with one attached hydrogen (secondary N) is 1. The van der Waals surface area contributed by atoms with E-state index in [9.17, 15) is 0 Å². The fourth-order valence-corrected chi connectivity index (χ4v) is 2.31. The Hall–Kier alpha value is -0.0800. The largest absolute Gasteiger partial charge is 0.396 e. The van der Waals surface area contributed by atoms with E-state index in [1.54, 1.807) is 0 Å². The minimum absolute atomic E-state index is 0.303. The molecule has 1 rings (SSSR count). The van der Waals surface area contributed by atoms with Gasteiger partial charge in [0, 0.05) is 12.6 Å². The van der Waals surface area contributed by atoms with Crippen LogP contribution in [-0.4, -0.2) is 24.3 Å². The van der Waals surface area contributed by atoms with E-state index < -0.39 is 0 Å². The van der Waals surface area contributed by atoms with Crippen LogP contribution >= 0.6 is 0 Å². The van der Waals surface area contributed by atoms with Crippen molar-refractivity contribution in [3.63, 3.8) is 0 Å². The minimum Gasteiger partial charge on any atom is -0.396 e. The molecule has 0 spiro atoms. The summed E-state index contributed by atoms with van der Waals surface area (Å²) in [5, 5.41) is 12.2. The molecule has 0 heterocycles. The average Bonchev–Trinajstić information content (AvgIpc) is 2.20. The molecule has 0 bridgehead atoms. The SMILES string of the molecule is CC(CCO)NCCC1CCCCC1. The van der Waals surface area contributed by atoms with Gasteiger partial charge in [-0.15, -0.1) is 0 Å². The van der Waals surface area contributed by atoms with E-state index in [-0.39, 0.29) is 0 Å². The Bertz CT molecular complexity index is 132. The third-order valence-electron chi connectivity index (χ3n) is 3.33. The van der Waals surface area contributed by atoms with Gasteiger partial charge in [0.25, 0.3) is 0 Å². The summed E-state index contributed by atoms with van der Waals surface area (Å²) >= 11 is 0. The molecule has 2 nitrogen and oxygen atoms in total. The first-order chi connectivity index (χ1) is 6.83. The van der Waals surface area contributed by atoms with Crippen LogP contribution in [0.3, 0.4) is 0 Å². The average molecular weight is 199 g/mol. The van der Waals surface area contributed by atoms with Gasteiger partial charge in [0.2, 0.25) is 0 Å². The molecule has 84 valence electrons. The molecule has 2 N–H and O–H groups in total. The van der Waals surface area contributed by atoms with Crippen LogP contribution in [0.2, 0.25) is 0 Å². The fraction of sp³-hybridized carbons (Fsp3) is 1.00. The van der Waals surface area contributed by atoms with Crippen molar-refractivity contribution < 1.29 is 5.11 Å². The molecule has 0 aromatic rings. The van der Waals surface area contributed by atoms with Gasteiger partial charge in [-0.05, 0) is 32.2 Å². The third kappa shape index (κ3) is 4.97. The van der Waals surface area contributed by atoms with Crippen molar-refractivity contribution in [1.29, 1.82) is 0 Å². The number of rotatable bonds is 6. The number of aliphatic hydroxyl groups excluding tert-OH is 1. The quantitative estimate of drug-likeness (QED) is 0.688. The lowest BCUT2D eigenvalue weighted by molar-refractivity contribution is 0.265. The lowest BCUT2D eigenvalue weighted by Crippen LogP contribution is -2.29. The van der Waals surface area contributed by atoms with Crippen LogP contribution in [0.5, 0.6) is 0 Å². The summed E-state index contributed by atoms with van der Waals surface area (Å²) in [6, 6.07) is 0.476. The van der Waals surface area contributed by atoms with Gasteiger partial charge in [0.1, 0.15) is 0 Å². The van der Waals surface area contributed by atoms with Crippen LogP contribution in [0, 0.1) is 5.92 Å². The van der Waals surface area contributed by atoms with Crippen molar-refractivity contribution >= 4 is 0 Å². The van der Waals surface area contributed by atoms with Crippen molar-refractivity contribution in [3.8, 4) is 0 Å². The predicted molar refractivity (Wildman–Crippen MR) is 60.4 cm³/mol. The van der Waals surface area contributed by atoms with Gasteiger partial charge in [-0.1, -0.05) is 32.1 Å². The van der Waals surface area contributed by atoms with E-state index in [0.29, 0.717) is 12.6 Å². The molecular weight excluding hydrogens is 174 g/mol. The van der Waals surface area contributed by atoms with Crippen molar-refractivity contribution in [2.75, 3.05) is 13.2 Å². The monoisotopic (exact) mass is 199 g/mol. The second-order valence-electron chi connectivity index (χ2n) is 4.66. The Balaban J connectivity index is 1.96. The standard InChI is InChI=1S/C12H25NO/c1-11(8-10-14)13-9-7-12-5-3-2-4-6-12/h11-14H,2-10H2,1H3. The second-order valence-corrected chi connectivity index (χ2v) is 4.66. The molecule has 0 radical (unpaired) electrons. The molecule has 1 unspecified atom stereocenters. The van der Waals surface area contributed by atoms with Crippen LogP contribution in [-0.2, 0) is 0 Å². The van der Waals surface area contributed by atoms with E-state index in [1.165, 1.54) is 38.5 Å². The fourth-order valence-electron chi connectivity index (χ4n) is 2.31. The molecule has 1 aliphatic rings. The summed E-state index contributed by atoms with van der Waals surface area (Å²) in [4.78, 5) is 0. The third-order valence-corrected chi connectivity index (χ3v) is 3.33. The second kappa shape index (κ2) is 7.24. The highest BCUT2D eigenvalue weighted by Crippen LogP contribution is 2.25. The van der Waals surface area contributed by atoms with Gasteiger partial charge in [-0.25, -0.2) is 0 Å². The van der Waals surface area contributed by atoms with Gasteiger partial charge < -0.3 is 10.4 Å². The molecule has 0 amide bonds. The summed E-state index contributed by atoms with van der Waals surface area (Å²) in [5.74, 6) is 0.970. The number of hydrogen-bond donors (Lipinski definition) is 2. The van der Waals surface area contributed by atoms with Crippen LogP contribution in [0.25, 0.3) is 0 Å². The van der Waals surface area contributed by atoms with Gasteiger partial charge in [-0.3, -0.25) is 0 Å². The number of hydrogen-bond acceptors (Lipinski definition) is 2. The highest BCUT2D eigenvalue weighted by Gasteiger charge is 2.12. The van der Waals surface area contributed by atoms with Crippen molar-refractivity contribution in [1.82, 2.24) is 5.32 Å². The molecule has 1 atom stereocenters. The van der Waals surface area contributed by atoms with E-state index in [1.807, 2.05) is 0 Å². The maximum Gasteiger partial charge on any atom is 0.0445 e. The van der Waals surface area contributed by atoms with Crippen molar-refractivity contribution in [3.05, 3.63) is 0 Å². The topological polar surface area (TPSA) is 32.3 Å². The molecular formula is C12H25NO. The van der Waals surface area contributed by atoms with E-state index in [2.05, 4.69) is 12.2 Å². The molecule has 1 aliphatic carbocycles. The Morgan fingerprint density at radius 1 is 1.29 bits per heavy atom. The highest BCUT2D eigenvalue weighted by molar-refractivity contribution is 4.68. The van der Waals surface area contributed by atoms with Gasteiger partial charge in [0.15, 0.2) is 0 Å². The minimum atomic E-state index is 0.303. The molecule has 2 heteroatoms. The first kappa shape index (κ1) is 12.0. The Morgan fingerprint density at radius 3 is 2.64 bits per heavy atom. The molecule has 1 saturated carbocycles. The van der Waals surface area contributed by atoms with Gasteiger partial charge in [-0.2, -0.15) is 0 Å². The highest BCUT2D eigenvalue weighted by atomic mass is 16.3. The Labute approximate surface area is 88.1 Å². The predicted octanol–water partition coefficient (Wildman–Crippen LogP) is 2.32. The summed E-state index contributed by atoms with van der Waals surface area (Å²) in [7, 11) is 0. The van der Waals surface area contributed by atoms with Gasteiger partial charge in [0.05, 0.1) is 0 Å². The zero-order valence-electron chi connectivity index (χ0n) is 9.47. The maximum atomic E-state index is 8.74. The van der Waals surface area contributed by atoms with Gasteiger partial charge >= 0.3 is 0 Å². The summed E-state index contributed by atoms with van der Waals surface area (Å²) in [6.45, 7) is 3.58. The lowest BCUT2D eigenvalue weighted by atomic mass is 9.87. The summed E-state index contributed by atoms with van der Waals surface area (Å²) < 4.78 is 0. The first-order valence-electron chi connectivity index (χ1n) is 6.17. The molecule has 0 saturated heterocycles. The molecule has 0 aliphatic heterocycles. The van der Waals surface area contributed by atoms with Crippen molar-refractivity contribution in [2.45, 2.75) is 57.9 Å². The van der Waals surface area contributed by atoms with E-state index in [0.717, 1.165) is 18.9 Å². The lowest BCUT2D eigenvalue weighted by Gasteiger charge is -2.22. The maximum absolute atomic E-state index is 8.74. The summed E-state index contributed by atoms with van der Waals surface area (Å²) in [6.07, 6.45) is 9.42. The van der Waals surface area contributed by atoms with E-state index in [4.69, 9.17) is 5.11 Å². The summed E-state index contributed by atoms with van der Waals surface area (Å²) in [5.41, 5.74) is 0. The van der Waals surface area contributed by atoms with Crippen LogP contribution in [0.4, 0.5) is 0 Å². The molecule has 1 fully saturated rings. The van der Waals surface area contributed by atoms with Crippen LogP contribution < -0.4 is 5.32 Å². The van der Waals surface area contributed by atoms with E-state index >= 15 is 0 Å². The smallest absolute Gasteiger partial charge is 0.0445 e. The number of aliphatic hydroxyl groups is 1. The van der Waals surface area contributed by atoms with Crippen molar-refractivity contribution in [2.24, 2.45) is 5.92 Å². The zero-order valence-corrected chi connectivity index (χ0v) is 9.47. The molecule has 0 aromatic carbocycles. The normalized spacial score (nSPS) is 21.0. The van der Waals surface area contributed by atoms with Crippen LogP contribution in [0.15, 0.2) is 0 Å². The Kier molecular flexibility index (Phi) is 6.20. The Morgan fingerprint density at radius 2 is 2.00 bits per heavy atom. The molecule has 0 aromatic heterocycles. The zero-order chi connectivity index (χ0) is 10.2.